The molecule has 0 amide bonds. The average Bonchev–Trinajstić information content (AvgIpc) is 2.46. The van der Waals surface area contributed by atoms with E-state index in [1.807, 2.05) is 11.8 Å². The highest BCUT2D eigenvalue weighted by atomic mass is 79.9. The van der Waals surface area contributed by atoms with Crippen molar-refractivity contribution in [2.75, 3.05) is 0 Å². The number of nitrogens with zero attached hydrogens (tertiary/aromatic N) is 2. The van der Waals surface area contributed by atoms with Gasteiger partial charge in [0.15, 0.2) is 0 Å². The Kier molecular flexibility index (Phi) is 3.60. The average molecular weight is 371 g/mol. The van der Waals surface area contributed by atoms with E-state index in [4.69, 9.17) is 4.11 Å². The van der Waals surface area contributed by atoms with E-state index in [1.54, 1.807) is 18.2 Å². The SMILES string of the molecule is [2H]C([2H])([2H])/C(=N\NS(=O)(=O)c1ccc(C)cc1)c1cc(Br)ccn1. The van der Waals surface area contributed by atoms with Crippen molar-refractivity contribution in [3.63, 3.8) is 0 Å². The van der Waals surface area contributed by atoms with E-state index in [0.717, 1.165) is 5.56 Å². The molecule has 0 aliphatic carbocycles. The first-order valence-electron chi connectivity index (χ1n) is 7.38. The van der Waals surface area contributed by atoms with Crippen LogP contribution >= 0.6 is 15.9 Å². The largest absolute Gasteiger partial charge is 0.276 e. The minimum Gasteiger partial charge on any atom is -0.255 e. The minimum absolute atomic E-state index is 0.0102. The lowest BCUT2D eigenvalue weighted by atomic mass is 10.2. The number of pyridine rings is 1. The number of hydrazone groups is 1. The van der Waals surface area contributed by atoms with Gasteiger partial charge in [0, 0.05) is 14.8 Å². The monoisotopic (exact) mass is 370 g/mol. The smallest absolute Gasteiger partial charge is 0.255 e. The van der Waals surface area contributed by atoms with Crippen LogP contribution in [0.2, 0.25) is 0 Å². The van der Waals surface area contributed by atoms with Crippen LogP contribution in [0, 0.1) is 6.92 Å². The van der Waals surface area contributed by atoms with Crippen LogP contribution in [0.15, 0.2) is 57.1 Å². The second kappa shape index (κ2) is 6.36. The second-order valence-corrected chi connectivity index (χ2v) is 6.80. The quantitative estimate of drug-likeness (QED) is 0.664. The molecule has 0 unspecified atom stereocenters. The summed E-state index contributed by atoms with van der Waals surface area (Å²) < 4.78 is 47.7. The maximum absolute atomic E-state index is 12.2. The minimum atomic E-state index is -3.98. The predicted octanol–water partition coefficient (Wildman–Crippen LogP) is 2.86. The van der Waals surface area contributed by atoms with Gasteiger partial charge in [-0.2, -0.15) is 18.4 Å². The van der Waals surface area contributed by atoms with Gasteiger partial charge in [0.2, 0.25) is 0 Å². The summed E-state index contributed by atoms with van der Waals surface area (Å²) in [6, 6.07) is 9.18. The summed E-state index contributed by atoms with van der Waals surface area (Å²) in [6.45, 7) is -0.808. The molecule has 5 nitrogen and oxygen atoms in total. The number of rotatable bonds is 4. The third-order valence-electron chi connectivity index (χ3n) is 2.57. The molecule has 1 aromatic heterocycles. The van der Waals surface area contributed by atoms with Crippen LogP contribution in [0.25, 0.3) is 0 Å². The van der Waals surface area contributed by atoms with Gasteiger partial charge < -0.3 is 0 Å². The topological polar surface area (TPSA) is 71.4 Å². The molecular weight excluding hydrogens is 354 g/mol. The molecular formula is C14H14BrN3O2S. The fourth-order valence-electron chi connectivity index (χ4n) is 1.47. The van der Waals surface area contributed by atoms with Gasteiger partial charge in [-0.25, -0.2) is 0 Å². The van der Waals surface area contributed by atoms with Gasteiger partial charge in [-0.3, -0.25) is 4.98 Å². The van der Waals surface area contributed by atoms with Crippen molar-refractivity contribution in [3.8, 4) is 0 Å². The molecule has 110 valence electrons. The molecule has 0 aliphatic heterocycles. The Labute approximate surface area is 136 Å². The van der Waals surface area contributed by atoms with Crippen LogP contribution in [0.1, 0.15) is 22.2 Å². The molecule has 0 spiro atoms. The third kappa shape index (κ3) is 4.12. The predicted molar refractivity (Wildman–Crippen MR) is 85.6 cm³/mol. The molecule has 1 N–H and O–H groups in total. The van der Waals surface area contributed by atoms with Gasteiger partial charge in [-0.1, -0.05) is 33.6 Å². The van der Waals surface area contributed by atoms with Crippen molar-refractivity contribution in [2.24, 2.45) is 5.10 Å². The molecule has 7 heteroatoms. The van der Waals surface area contributed by atoms with E-state index in [1.165, 1.54) is 24.4 Å². The summed E-state index contributed by atoms with van der Waals surface area (Å²) in [5.74, 6) is 0. The highest BCUT2D eigenvalue weighted by Crippen LogP contribution is 2.11. The zero-order valence-corrected chi connectivity index (χ0v) is 13.4. The van der Waals surface area contributed by atoms with E-state index in [2.05, 4.69) is 26.0 Å². The standard InChI is InChI=1S/C14H14BrN3O2S/c1-10-3-5-13(6-4-10)21(19,20)18-17-11(2)14-9-12(15)7-8-16-14/h3-9,18H,1-2H3/b17-11+/i2D3. The van der Waals surface area contributed by atoms with Gasteiger partial charge in [-0.05, 0) is 38.0 Å². The van der Waals surface area contributed by atoms with E-state index >= 15 is 0 Å². The van der Waals surface area contributed by atoms with E-state index in [9.17, 15) is 8.42 Å². The van der Waals surface area contributed by atoms with Crippen LogP contribution < -0.4 is 4.83 Å². The van der Waals surface area contributed by atoms with Gasteiger partial charge >= 0.3 is 0 Å². The Bertz CT molecular complexity index is 866. The lowest BCUT2D eigenvalue weighted by Gasteiger charge is -2.05. The number of hydrogen-bond donors (Lipinski definition) is 1. The number of nitrogens with one attached hydrogen (secondary N) is 1. The van der Waals surface area contributed by atoms with Crippen LogP contribution in [-0.4, -0.2) is 19.1 Å². The van der Waals surface area contributed by atoms with Gasteiger partial charge in [0.25, 0.3) is 10.0 Å². The van der Waals surface area contributed by atoms with Crippen molar-refractivity contribution in [1.82, 2.24) is 9.82 Å². The first kappa shape index (κ1) is 11.9. The normalized spacial score (nSPS) is 15.0. The van der Waals surface area contributed by atoms with Crippen molar-refractivity contribution < 1.29 is 12.5 Å². The maximum atomic E-state index is 12.2. The molecule has 2 aromatic rings. The highest BCUT2D eigenvalue weighted by molar-refractivity contribution is 9.10. The Balaban J connectivity index is 2.39. The summed E-state index contributed by atoms with van der Waals surface area (Å²) in [7, 11) is -3.98. The van der Waals surface area contributed by atoms with Gasteiger partial charge in [-0.15, -0.1) is 0 Å². The molecule has 1 heterocycles. The molecule has 0 atom stereocenters. The number of sulfonamides is 1. The molecule has 1 aromatic carbocycles. The van der Waals surface area contributed by atoms with Gasteiger partial charge in [0.1, 0.15) is 0 Å². The first-order chi connectivity index (χ1) is 11.1. The Morgan fingerprint density at radius 2 is 2.05 bits per heavy atom. The van der Waals surface area contributed by atoms with Crippen molar-refractivity contribution in [3.05, 3.63) is 58.3 Å². The molecule has 0 saturated carbocycles. The summed E-state index contributed by atoms with van der Waals surface area (Å²) in [5, 5.41) is 3.61. The molecule has 0 radical (unpaired) electrons. The lowest BCUT2D eigenvalue weighted by Crippen LogP contribution is -2.20. The van der Waals surface area contributed by atoms with Crippen molar-refractivity contribution in [2.45, 2.75) is 18.7 Å². The van der Waals surface area contributed by atoms with Crippen LogP contribution in [0.3, 0.4) is 0 Å². The zero-order chi connectivity index (χ0) is 18.0. The number of aryl methyl sites for hydroxylation is 1. The zero-order valence-electron chi connectivity index (χ0n) is 14.0. The van der Waals surface area contributed by atoms with E-state index < -0.39 is 22.6 Å². The van der Waals surface area contributed by atoms with Crippen LogP contribution in [0.4, 0.5) is 0 Å². The van der Waals surface area contributed by atoms with E-state index in [-0.39, 0.29) is 10.6 Å². The fourth-order valence-corrected chi connectivity index (χ4v) is 2.61. The molecule has 21 heavy (non-hydrogen) atoms. The molecule has 0 fully saturated rings. The molecule has 0 saturated heterocycles. The summed E-state index contributed by atoms with van der Waals surface area (Å²) in [6.07, 6.45) is 1.40. The van der Waals surface area contributed by atoms with Crippen LogP contribution in [0.5, 0.6) is 0 Å². The first-order valence-corrected chi connectivity index (χ1v) is 8.16. The number of benzene rings is 1. The molecule has 0 aliphatic rings. The summed E-state index contributed by atoms with van der Waals surface area (Å²) in [5.41, 5.74) is 0.509. The Morgan fingerprint density at radius 1 is 1.33 bits per heavy atom. The lowest BCUT2D eigenvalue weighted by molar-refractivity contribution is 0.584. The number of aromatic nitrogens is 1. The summed E-state index contributed by atoms with van der Waals surface area (Å²) >= 11 is 3.21. The Hall–Kier alpha value is -1.73. The number of hydrogen-bond acceptors (Lipinski definition) is 4. The fraction of sp³-hybridized carbons (Fsp3) is 0.143. The molecule has 2 rings (SSSR count). The maximum Gasteiger partial charge on any atom is 0.276 e. The Morgan fingerprint density at radius 3 is 2.67 bits per heavy atom. The number of halogens is 1. The highest BCUT2D eigenvalue weighted by Gasteiger charge is 2.12. The second-order valence-electron chi connectivity index (χ2n) is 4.23. The van der Waals surface area contributed by atoms with Crippen molar-refractivity contribution >= 4 is 31.7 Å². The van der Waals surface area contributed by atoms with E-state index in [0.29, 0.717) is 4.47 Å². The van der Waals surface area contributed by atoms with Crippen molar-refractivity contribution in [1.29, 1.82) is 0 Å². The van der Waals surface area contributed by atoms with Crippen LogP contribution in [-0.2, 0) is 10.0 Å². The van der Waals surface area contributed by atoms with Gasteiger partial charge in [0.05, 0.1) is 16.3 Å². The molecule has 0 bridgehead atoms. The summed E-state index contributed by atoms with van der Waals surface area (Å²) in [4.78, 5) is 5.89. The third-order valence-corrected chi connectivity index (χ3v) is 4.29.